The molecule has 0 saturated carbocycles. The molecule has 7 nitrogen and oxygen atoms in total. The highest BCUT2D eigenvalue weighted by molar-refractivity contribution is 6.38. The van der Waals surface area contributed by atoms with Gasteiger partial charge in [-0.2, -0.15) is 5.10 Å². The molecule has 0 spiro atoms. The molecule has 162 valence electrons. The van der Waals surface area contributed by atoms with E-state index in [-0.39, 0.29) is 17.9 Å². The maximum atomic E-state index is 13.2. The maximum absolute atomic E-state index is 13.2. The number of hydrazone groups is 1. The molecule has 2 unspecified atom stereocenters. The molecule has 0 fully saturated rings. The predicted molar refractivity (Wildman–Crippen MR) is 114 cm³/mol. The fourth-order valence-corrected chi connectivity index (χ4v) is 3.22. The summed E-state index contributed by atoms with van der Waals surface area (Å²) in [6.07, 6.45) is 0.928. The van der Waals surface area contributed by atoms with E-state index in [9.17, 15) is 18.8 Å². The number of carbonyl (C=O) groups excluding carboxylic acids is 3. The number of esters is 1. The van der Waals surface area contributed by atoms with Gasteiger partial charge in [-0.05, 0) is 42.2 Å². The van der Waals surface area contributed by atoms with Crippen LogP contribution in [0.3, 0.4) is 0 Å². The Morgan fingerprint density at radius 3 is 2.39 bits per heavy atom. The fraction of sp³-hybridized carbons (Fsp3) is 0.304. The van der Waals surface area contributed by atoms with Crippen LogP contribution in [0, 0.1) is 5.82 Å². The first-order valence-electron chi connectivity index (χ1n) is 10.0. The van der Waals surface area contributed by atoms with Gasteiger partial charge in [0, 0.05) is 12.0 Å². The van der Waals surface area contributed by atoms with Crippen LogP contribution in [0.1, 0.15) is 48.5 Å². The molecule has 2 atom stereocenters. The molecule has 2 aromatic carbocycles. The van der Waals surface area contributed by atoms with Crippen LogP contribution < -0.4 is 10.7 Å². The van der Waals surface area contributed by atoms with Crippen LogP contribution in [0.2, 0.25) is 0 Å². The number of ketones is 1. The zero-order chi connectivity index (χ0) is 22.5. The SMILES string of the molecule is CCC(C)c1ccc(C(=O)COC(=O)C2=NN(c3ccc(F)cc3)C(C(N)=O)C2)cc1. The van der Waals surface area contributed by atoms with Gasteiger partial charge < -0.3 is 10.5 Å². The van der Waals surface area contributed by atoms with E-state index >= 15 is 0 Å². The zero-order valence-electron chi connectivity index (χ0n) is 17.4. The molecule has 2 N–H and O–H groups in total. The Morgan fingerprint density at radius 2 is 1.81 bits per heavy atom. The van der Waals surface area contributed by atoms with Crippen LogP contribution in [0.4, 0.5) is 10.1 Å². The Labute approximate surface area is 179 Å². The molecule has 0 saturated heterocycles. The van der Waals surface area contributed by atoms with E-state index in [4.69, 9.17) is 10.5 Å². The lowest BCUT2D eigenvalue weighted by atomic mass is 9.97. The largest absolute Gasteiger partial charge is 0.453 e. The minimum absolute atomic E-state index is 0.0342. The van der Waals surface area contributed by atoms with Gasteiger partial charge in [-0.15, -0.1) is 0 Å². The summed E-state index contributed by atoms with van der Waals surface area (Å²) in [5, 5.41) is 5.38. The Kier molecular flexibility index (Phi) is 6.79. The molecule has 31 heavy (non-hydrogen) atoms. The van der Waals surface area contributed by atoms with Crippen molar-refractivity contribution in [1.29, 1.82) is 0 Å². The number of hydrogen-bond acceptors (Lipinski definition) is 6. The molecule has 0 radical (unpaired) electrons. The number of nitrogens with two attached hydrogens (primary N) is 1. The number of carbonyl (C=O) groups is 3. The molecule has 0 bridgehead atoms. The van der Waals surface area contributed by atoms with Crippen molar-refractivity contribution in [2.75, 3.05) is 11.6 Å². The summed E-state index contributed by atoms with van der Waals surface area (Å²) in [6.45, 7) is 3.75. The Balaban J connectivity index is 1.65. The third-order valence-electron chi connectivity index (χ3n) is 5.31. The third-order valence-corrected chi connectivity index (χ3v) is 5.31. The van der Waals surface area contributed by atoms with E-state index in [1.165, 1.54) is 29.3 Å². The van der Waals surface area contributed by atoms with Crippen molar-refractivity contribution in [3.05, 3.63) is 65.5 Å². The van der Waals surface area contributed by atoms with Gasteiger partial charge >= 0.3 is 5.97 Å². The lowest BCUT2D eigenvalue weighted by Crippen LogP contribution is -2.39. The smallest absolute Gasteiger partial charge is 0.355 e. The number of rotatable bonds is 8. The van der Waals surface area contributed by atoms with Crippen molar-refractivity contribution >= 4 is 29.1 Å². The van der Waals surface area contributed by atoms with E-state index in [0.29, 0.717) is 17.2 Å². The number of halogens is 1. The van der Waals surface area contributed by atoms with E-state index in [1.54, 1.807) is 12.1 Å². The summed E-state index contributed by atoms with van der Waals surface area (Å²) in [4.78, 5) is 36.6. The van der Waals surface area contributed by atoms with Crippen LogP contribution >= 0.6 is 0 Å². The number of hydrogen-bond donors (Lipinski definition) is 1. The number of ether oxygens (including phenoxy) is 1. The molecule has 1 aliphatic heterocycles. The zero-order valence-corrected chi connectivity index (χ0v) is 17.4. The van der Waals surface area contributed by atoms with Crippen molar-refractivity contribution in [2.24, 2.45) is 10.8 Å². The van der Waals surface area contributed by atoms with Gasteiger partial charge in [-0.3, -0.25) is 14.6 Å². The topological polar surface area (TPSA) is 102 Å². The third kappa shape index (κ3) is 5.14. The van der Waals surface area contributed by atoms with Gasteiger partial charge in [0.15, 0.2) is 12.4 Å². The molecular weight excluding hydrogens is 401 g/mol. The highest BCUT2D eigenvalue weighted by atomic mass is 19.1. The molecule has 3 rings (SSSR count). The van der Waals surface area contributed by atoms with E-state index in [0.717, 1.165) is 12.0 Å². The Morgan fingerprint density at radius 1 is 1.16 bits per heavy atom. The normalized spacial score (nSPS) is 16.5. The number of nitrogens with zero attached hydrogens (tertiary/aromatic N) is 2. The number of amides is 1. The standard InChI is InChI=1S/C23H24FN3O4/c1-3-14(2)15-4-6-16(7-5-15)21(28)13-31-23(30)19-12-20(22(25)29)27(26-19)18-10-8-17(24)9-11-18/h4-11,14,20H,3,12-13H2,1-2H3,(H2,25,29). The first-order valence-corrected chi connectivity index (χ1v) is 10.0. The highest BCUT2D eigenvalue weighted by Crippen LogP contribution is 2.25. The van der Waals surface area contributed by atoms with Crippen molar-refractivity contribution in [3.63, 3.8) is 0 Å². The van der Waals surface area contributed by atoms with E-state index in [1.807, 2.05) is 12.1 Å². The van der Waals surface area contributed by atoms with Crippen LogP contribution in [-0.2, 0) is 14.3 Å². The Bertz CT molecular complexity index is 1000. The van der Waals surface area contributed by atoms with Crippen LogP contribution in [0.5, 0.6) is 0 Å². The first kappa shape index (κ1) is 22.1. The van der Waals surface area contributed by atoms with E-state index in [2.05, 4.69) is 18.9 Å². The second-order valence-corrected chi connectivity index (χ2v) is 7.42. The first-order chi connectivity index (χ1) is 14.8. The van der Waals surface area contributed by atoms with Crippen molar-refractivity contribution in [1.82, 2.24) is 0 Å². The summed E-state index contributed by atoms with van der Waals surface area (Å²) in [7, 11) is 0. The van der Waals surface area contributed by atoms with Gasteiger partial charge in [0.25, 0.3) is 0 Å². The van der Waals surface area contributed by atoms with Gasteiger partial charge in [0.2, 0.25) is 5.91 Å². The quantitative estimate of drug-likeness (QED) is 0.517. The average Bonchev–Trinajstić information content (AvgIpc) is 3.23. The summed E-state index contributed by atoms with van der Waals surface area (Å²) in [5.74, 6) is -1.89. The average molecular weight is 425 g/mol. The van der Waals surface area contributed by atoms with Crippen molar-refractivity contribution in [2.45, 2.75) is 38.6 Å². The van der Waals surface area contributed by atoms with Crippen LogP contribution in [0.25, 0.3) is 0 Å². The Hall–Kier alpha value is -3.55. The maximum Gasteiger partial charge on any atom is 0.355 e. The number of benzene rings is 2. The van der Waals surface area contributed by atoms with Crippen molar-refractivity contribution in [3.8, 4) is 0 Å². The minimum Gasteiger partial charge on any atom is -0.453 e. The molecular formula is C23H24FN3O4. The molecule has 1 amide bonds. The molecule has 0 aromatic heterocycles. The second-order valence-electron chi connectivity index (χ2n) is 7.42. The second kappa shape index (κ2) is 9.51. The molecule has 1 heterocycles. The summed E-state index contributed by atoms with van der Waals surface area (Å²) in [6, 6.07) is 11.6. The van der Waals surface area contributed by atoms with Gasteiger partial charge in [0.1, 0.15) is 17.6 Å². The minimum atomic E-state index is -0.906. The molecule has 1 aliphatic rings. The van der Waals surface area contributed by atoms with Crippen LogP contribution in [0.15, 0.2) is 53.6 Å². The monoisotopic (exact) mass is 425 g/mol. The predicted octanol–water partition coefficient (Wildman–Crippen LogP) is 3.19. The summed E-state index contributed by atoms with van der Waals surface area (Å²) < 4.78 is 18.3. The molecule has 0 aliphatic carbocycles. The number of anilines is 1. The fourth-order valence-electron chi connectivity index (χ4n) is 3.22. The molecule has 2 aromatic rings. The van der Waals surface area contributed by atoms with Crippen LogP contribution in [-0.4, -0.2) is 36.0 Å². The summed E-state index contributed by atoms with van der Waals surface area (Å²) in [5.41, 5.74) is 7.37. The van der Waals surface area contributed by atoms with E-state index < -0.39 is 30.3 Å². The van der Waals surface area contributed by atoms with Gasteiger partial charge in [-0.1, -0.05) is 38.1 Å². The summed E-state index contributed by atoms with van der Waals surface area (Å²) >= 11 is 0. The van der Waals surface area contributed by atoms with Gasteiger partial charge in [0.05, 0.1) is 5.69 Å². The lowest BCUT2D eigenvalue weighted by Gasteiger charge is -2.20. The molecule has 8 heteroatoms. The lowest BCUT2D eigenvalue weighted by molar-refractivity contribution is -0.134. The van der Waals surface area contributed by atoms with Crippen molar-refractivity contribution < 1.29 is 23.5 Å². The number of primary amides is 1. The van der Waals surface area contributed by atoms with Gasteiger partial charge in [-0.25, -0.2) is 9.18 Å². The number of Topliss-reactive ketones (excluding diaryl/α,β-unsaturated/α-hetero) is 1. The highest BCUT2D eigenvalue weighted by Gasteiger charge is 2.35.